The van der Waals surface area contributed by atoms with Crippen LogP contribution in [0.25, 0.3) is 0 Å². The van der Waals surface area contributed by atoms with E-state index in [1.807, 2.05) is 0 Å². The molecule has 1 aliphatic heterocycles. The number of carbonyl (C=O) groups is 1. The summed E-state index contributed by atoms with van der Waals surface area (Å²) in [6, 6.07) is 6.59. The first-order valence-corrected chi connectivity index (χ1v) is 10.0. The van der Waals surface area contributed by atoms with Crippen molar-refractivity contribution in [2.24, 2.45) is 0 Å². The topological polar surface area (TPSA) is 72.9 Å². The normalized spacial score (nSPS) is 19.0. The van der Waals surface area contributed by atoms with E-state index in [9.17, 15) is 13.2 Å². The highest BCUT2D eigenvalue weighted by Crippen LogP contribution is 2.19. The van der Waals surface area contributed by atoms with E-state index in [-0.39, 0.29) is 17.8 Å². The zero-order valence-electron chi connectivity index (χ0n) is 13.8. The van der Waals surface area contributed by atoms with Gasteiger partial charge in [-0.3, -0.25) is 4.79 Å². The fourth-order valence-electron chi connectivity index (χ4n) is 2.56. The van der Waals surface area contributed by atoms with Crippen LogP contribution >= 0.6 is 11.6 Å². The van der Waals surface area contributed by atoms with Gasteiger partial charge in [-0.2, -0.15) is 8.42 Å². The minimum atomic E-state index is -3.55. The van der Waals surface area contributed by atoms with Gasteiger partial charge < -0.3 is 13.8 Å². The van der Waals surface area contributed by atoms with Gasteiger partial charge in [0.25, 0.3) is 0 Å². The number of carbonyl (C=O) groups excluding carboxylic acids is 1. The van der Waals surface area contributed by atoms with E-state index < -0.39 is 15.5 Å². The smallest absolute Gasteiger partial charge is 0.306 e. The van der Waals surface area contributed by atoms with Crippen molar-refractivity contribution in [3.05, 3.63) is 29.8 Å². The zero-order valence-corrected chi connectivity index (χ0v) is 15.3. The third-order valence-electron chi connectivity index (χ3n) is 3.64. The summed E-state index contributed by atoms with van der Waals surface area (Å²) in [4.78, 5) is 14.0. The van der Waals surface area contributed by atoms with Gasteiger partial charge in [0.15, 0.2) is 0 Å². The van der Waals surface area contributed by atoms with Crippen LogP contribution in [0.2, 0.25) is 0 Å². The average molecular weight is 376 g/mol. The second-order valence-electron chi connectivity index (χ2n) is 5.90. The van der Waals surface area contributed by atoms with E-state index in [0.29, 0.717) is 13.1 Å². The maximum atomic E-state index is 12.3. The fourth-order valence-corrected chi connectivity index (χ4v) is 3.16. The van der Waals surface area contributed by atoms with Crippen LogP contribution in [-0.4, -0.2) is 50.1 Å². The molecule has 1 fully saturated rings. The predicted molar refractivity (Wildman–Crippen MR) is 91.6 cm³/mol. The fraction of sp³-hybridized carbons (Fsp3) is 0.562. The van der Waals surface area contributed by atoms with E-state index in [0.717, 1.165) is 31.3 Å². The van der Waals surface area contributed by atoms with Crippen LogP contribution in [0.4, 0.5) is 0 Å². The summed E-state index contributed by atoms with van der Waals surface area (Å²) in [5.74, 6) is 0.0904. The van der Waals surface area contributed by atoms with Gasteiger partial charge in [-0.15, -0.1) is 11.6 Å². The molecule has 0 aliphatic carbocycles. The molecule has 0 unspecified atom stereocenters. The van der Waals surface area contributed by atoms with E-state index in [4.69, 9.17) is 20.5 Å². The Morgan fingerprint density at radius 1 is 1.42 bits per heavy atom. The quantitative estimate of drug-likeness (QED) is 0.539. The van der Waals surface area contributed by atoms with Crippen LogP contribution in [0.5, 0.6) is 5.75 Å². The Labute approximate surface area is 147 Å². The largest absolute Gasteiger partial charge is 0.383 e. The number of alkyl halides is 1. The molecule has 134 valence electrons. The standard InChI is InChI=1S/C16H22ClNO5S/c1-12(17)16(19)18(11-15-4-3-9-22-15)10-13-5-7-14(8-6-13)23-24(2,20)21/h5-8,12,15H,3-4,9-11H2,1-2H3/t12-,15+/m1/s1. The van der Waals surface area contributed by atoms with E-state index in [1.165, 1.54) is 0 Å². The van der Waals surface area contributed by atoms with Crippen LogP contribution in [0, 0.1) is 0 Å². The molecule has 6 nitrogen and oxygen atoms in total. The van der Waals surface area contributed by atoms with Gasteiger partial charge in [0, 0.05) is 19.7 Å². The second kappa shape index (κ2) is 8.18. The van der Waals surface area contributed by atoms with Crippen molar-refractivity contribution >= 4 is 27.6 Å². The number of amides is 1. The maximum Gasteiger partial charge on any atom is 0.306 e. The van der Waals surface area contributed by atoms with Crippen LogP contribution in [-0.2, 0) is 26.2 Å². The van der Waals surface area contributed by atoms with Crippen LogP contribution in [0.15, 0.2) is 24.3 Å². The molecule has 1 amide bonds. The lowest BCUT2D eigenvalue weighted by molar-refractivity contribution is -0.132. The van der Waals surface area contributed by atoms with Gasteiger partial charge in [0.1, 0.15) is 11.1 Å². The number of nitrogens with zero attached hydrogens (tertiary/aromatic N) is 1. The predicted octanol–water partition coefficient (Wildman–Crippen LogP) is 2.16. The van der Waals surface area contributed by atoms with Gasteiger partial charge >= 0.3 is 10.1 Å². The molecule has 0 spiro atoms. The molecule has 2 atom stereocenters. The van der Waals surface area contributed by atoms with Gasteiger partial charge in [-0.1, -0.05) is 12.1 Å². The van der Waals surface area contributed by atoms with Crippen molar-refractivity contribution < 1.29 is 22.1 Å². The number of halogens is 1. The lowest BCUT2D eigenvalue weighted by atomic mass is 10.1. The number of benzene rings is 1. The summed E-state index contributed by atoms with van der Waals surface area (Å²) in [6.45, 7) is 3.25. The maximum absolute atomic E-state index is 12.3. The summed E-state index contributed by atoms with van der Waals surface area (Å²) in [5, 5.41) is -0.612. The van der Waals surface area contributed by atoms with Crippen molar-refractivity contribution in [1.29, 1.82) is 0 Å². The van der Waals surface area contributed by atoms with Crippen LogP contribution in [0.3, 0.4) is 0 Å². The Morgan fingerprint density at radius 3 is 2.58 bits per heavy atom. The van der Waals surface area contributed by atoms with E-state index in [2.05, 4.69) is 0 Å². The van der Waals surface area contributed by atoms with Crippen molar-refractivity contribution in [3.63, 3.8) is 0 Å². The summed E-state index contributed by atoms with van der Waals surface area (Å²) >= 11 is 5.95. The molecule has 1 aromatic rings. The van der Waals surface area contributed by atoms with E-state index >= 15 is 0 Å². The number of ether oxygens (including phenoxy) is 1. The molecule has 0 N–H and O–H groups in total. The molecule has 0 bridgehead atoms. The SMILES string of the molecule is C[C@@H](Cl)C(=O)N(Cc1ccc(OS(C)(=O)=O)cc1)C[C@@H]1CCCO1. The Hall–Kier alpha value is -1.31. The average Bonchev–Trinajstić information content (AvgIpc) is 2.99. The molecular weight excluding hydrogens is 354 g/mol. The first-order valence-electron chi connectivity index (χ1n) is 7.77. The van der Waals surface area contributed by atoms with Gasteiger partial charge in [0.2, 0.25) is 5.91 Å². The van der Waals surface area contributed by atoms with Crippen molar-refractivity contribution in [3.8, 4) is 5.75 Å². The summed E-state index contributed by atoms with van der Waals surface area (Å²) in [6.07, 6.45) is 2.96. The molecule has 2 rings (SSSR count). The molecule has 1 aliphatic rings. The molecule has 0 radical (unpaired) electrons. The lowest BCUT2D eigenvalue weighted by Crippen LogP contribution is -2.40. The third kappa shape index (κ3) is 5.96. The Kier molecular flexibility index (Phi) is 6.48. The third-order valence-corrected chi connectivity index (χ3v) is 4.33. The van der Waals surface area contributed by atoms with Crippen molar-refractivity contribution in [2.45, 2.75) is 37.8 Å². The number of hydrogen-bond donors (Lipinski definition) is 0. The minimum absolute atomic E-state index is 0.0391. The minimum Gasteiger partial charge on any atom is -0.383 e. The molecule has 8 heteroatoms. The molecular formula is C16H22ClNO5S. The van der Waals surface area contributed by atoms with Gasteiger partial charge in [0.05, 0.1) is 12.4 Å². The molecule has 0 aromatic heterocycles. The Bertz CT molecular complexity index is 654. The highest BCUT2D eigenvalue weighted by molar-refractivity contribution is 7.86. The van der Waals surface area contributed by atoms with Crippen LogP contribution < -0.4 is 4.18 Å². The molecule has 1 saturated heterocycles. The van der Waals surface area contributed by atoms with Crippen molar-refractivity contribution in [1.82, 2.24) is 4.90 Å². The molecule has 24 heavy (non-hydrogen) atoms. The first kappa shape index (κ1) is 19.0. The highest BCUT2D eigenvalue weighted by atomic mass is 35.5. The molecule has 0 saturated carbocycles. The van der Waals surface area contributed by atoms with Gasteiger partial charge in [-0.25, -0.2) is 0 Å². The summed E-state index contributed by atoms with van der Waals surface area (Å²) < 4.78 is 32.6. The Morgan fingerprint density at radius 2 is 2.08 bits per heavy atom. The first-order chi connectivity index (χ1) is 11.2. The lowest BCUT2D eigenvalue weighted by Gasteiger charge is -2.26. The summed E-state index contributed by atoms with van der Waals surface area (Å²) in [5.41, 5.74) is 0.861. The highest BCUT2D eigenvalue weighted by Gasteiger charge is 2.25. The summed E-state index contributed by atoms with van der Waals surface area (Å²) in [7, 11) is -3.55. The van der Waals surface area contributed by atoms with E-state index in [1.54, 1.807) is 36.1 Å². The van der Waals surface area contributed by atoms with Crippen molar-refractivity contribution in [2.75, 3.05) is 19.4 Å². The number of hydrogen-bond acceptors (Lipinski definition) is 5. The van der Waals surface area contributed by atoms with Crippen LogP contribution in [0.1, 0.15) is 25.3 Å². The Balaban J connectivity index is 2.06. The zero-order chi connectivity index (χ0) is 17.7. The monoisotopic (exact) mass is 375 g/mol. The molecule has 1 aromatic carbocycles. The molecule has 1 heterocycles. The van der Waals surface area contributed by atoms with Gasteiger partial charge in [-0.05, 0) is 37.5 Å². The second-order valence-corrected chi connectivity index (χ2v) is 8.13. The number of rotatable bonds is 7.